The van der Waals surface area contributed by atoms with E-state index in [9.17, 15) is 0 Å². The number of rotatable bonds is 1. The lowest BCUT2D eigenvalue weighted by atomic mass is 10.0. The average Bonchev–Trinajstić information content (AvgIpc) is 3.18. The molecule has 5 rings (SSSR count). The van der Waals surface area contributed by atoms with E-state index < -0.39 is 0 Å². The van der Waals surface area contributed by atoms with Crippen LogP contribution in [0.2, 0.25) is 0 Å². The molecular formula is C22H16O2. The Morgan fingerprint density at radius 2 is 1.54 bits per heavy atom. The number of fused-ring (bicyclic) bond motifs is 4. The third kappa shape index (κ3) is 1.96. The van der Waals surface area contributed by atoms with Gasteiger partial charge in [0.15, 0.2) is 11.5 Å². The van der Waals surface area contributed by atoms with Crippen LogP contribution in [0.5, 0.6) is 11.5 Å². The van der Waals surface area contributed by atoms with E-state index >= 15 is 0 Å². The quantitative estimate of drug-likeness (QED) is 0.475. The summed E-state index contributed by atoms with van der Waals surface area (Å²) in [6, 6.07) is 21.4. The van der Waals surface area contributed by atoms with Crippen LogP contribution >= 0.6 is 0 Å². The number of hydrogen-bond acceptors (Lipinski definition) is 2. The molecule has 3 aromatic carbocycles. The van der Waals surface area contributed by atoms with Gasteiger partial charge in [-0.1, -0.05) is 54.1 Å². The predicted octanol–water partition coefficient (Wildman–Crippen LogP) is 5.29. The van der Waals surface area contributed by atoms with E-state index in [2.05, 4.69) is 61.5 Å². The second-order valence-electron chi connectivity index (χ2n) is 6.27. The number of aryl methyl sites for hydroxylation is 1. The molecule has 0 atom stereocenters. The second-order valence-corrected chi connectivity index (χ2v) is 6.27. The van der Waals surface area contributed by atoms with Crippen molar-refractivity contribution in [1.82, 2.24) is 0 Å². The maximum Gasteiger partial charge on any atom is 0.231 e. The Bertz CT molecular complexity index is 999. The van der Waals surface area contributed by atoms with Gasteiger partial charge in [-0.05, 0) is 58.5 Å². The molecule has 0 saturated carbocycles. The van der Waals surface area contributed by atoms with Crippen molar-refractivity contribution in [3.8, 4) is 22.6 Å². The van der Waals surface area contributed by atoms with E-state index in [0.29, 0.717) is 6.79 Å². The molecule has 0 bridgehead atoms. The van der Waals surface area contributed by atoms with Crippen LogP contribution in [0.1, 0.15) is 22.3 Å². The van der Waals surface area contributed by atoms with Gasteiger partial charge in [0.2, 0.25) is 6.79 Å². The lowest BCUT2D eigenvalue weighted by molar-refractivity contribution is 0.174. The lowest BCUT2D eigenvalue weighted by Crippen LogP contribution is -1.92. The van der Waals surface area contributed by atoms with Crippen molar-refractivity contribution < 1.29 is 9.47 Å². The molecule has 0 saturated heterocycles. The number of ether oxygens (including phenoxy) is 2. The summed E-state index contributed by atoms with van der Waals surface area (Å²) in [5.41, 5.74) is 8.88. The van der Waals surface area contributed by atoms with Crippen LogP contribution in [-0.2, 0) is 0 Å². The normalized spacial score (nSPS) is 15.5. The summed E-state index contributed by atoms with van der Waals surface area (Å²) >= 11 is 0. The van der Waals surface area contributed by atoms with Gasteiger partial charge < -0.3 is 9.47 Å². The Morgan fingerprint density at radius 3 is 2.46 bits per heavy atom. The molecule has 2 heteroatoms. The fourth-order valence-corrected chi connectivity index (χ4v) is 3.54. The Kier molecular flexibility index (Phi) is 2.80. The van der Waals surface area contributed by atoms with Crippen LogP contribution in [0.15, 0.2) is 60.7 Å². The predicted molar refractivity (Wildman–Crippen MR) is 96.2 cm³/mol. The summed E-state index contributed by atoms with van der Waals surface area (Å²) < 4.78 is 10.9. The van der Waals surface area contributed by atoms with Crippen LogP contribution < -0.4 is 9.47 Å². The van der Waals surface area contributed by atoms with Crippen molar-refractivity contribution in [2.75, 3.05) is 6.79 Å². The highest BCUT2D eigenvalue weighted by atomic mass is 16.7. The summed E-state index contributed by atoms with van der Waals surface area (Å²) in [7, 11) is 0. The van der Waals surface area contributed by atoms with Gasteiger partial charge in [0, 0.05) is 0 Å². The van der Waals surface area contributed by atoms with Gasteiger partial charge in [0.05, 0.1) is 0 Å². The first-order valence-corrected chi connectivity index (χ1v) is 8.12. The molecule has 0 unspecified atom stereocenters. The molecule has 0 amide bonds. The first-order chi connectivity index (χ1) is 11.8. The molecule has 1 aliphatic carbocycles. The molecule has 116 valence electrons. The molecule has 2 aliphatic rings. The van der Waals surface area contributed by atoms with Crippen molar-refractivity contribution >= 4 is 11.6 Å². The summed E-state index contributed by atoms with van der Waals surface area (Å²) in [6.07, 6.45) is 2.24. The molecule has 1 heterocycles. The fraction of sp³-hybridized carbons (Fsp3) is 0.0909. The first-order valence-electron chi connectivity index (χ1n) is 8.12. The molecule has 0 fully saturated rings. The van der Waals surface area contributed by atoms with E-state index in [0.717, 1.165) is 17.1 Å². The molecule has 2 nitrogen and oxygen atoms in total. The van der Waals surface area contributed by atoms with Gasteiger partial charge in [-0.2, -0.15) is 0 Å². The van der Waals surface area contributed by atoms with Gasteiger partial charge in [-0.15, -0.1) is 0 Å². The Morgan fingerprint density at radius 1 is 0.750 bits per heavy atom. The second kappa shape index (κ2) is 5.00. The van der Waals surface area contributed by atoms with Crippen molar-refractivity contribution in [3.05, 3.63) is 82.9 Å². The van der Waals surface area contributed by atoms with E-state index in [1.54, 1.807) is 0 Å². The monoisotopic (exact) mass is 312 g/mol. The van der Waals surface area contributed by atoms with E-state index in [1.807, 2.05) is 12.1 Å². The Hall–Kier alpha value is -3.00. The zero-order valence-electron chi connectivity index (χ0n) is 13.4. The van der Waals surface area contributed by atoms with E-state index in [4.69, 9.17) is 9.47 Å². The van der Waals surface area contributed by atoms with Gasteiger partial charge in [0.25, 0.3) is 0 Å². The highest BCUT2D eigenvalue weighted by Crippen LogP contribution is 2.45. The topological polar surface area (TPSA) is 18.5 Å². The minimum Gasteiger partial charge on any atom is -0.454 e. The smallest absolute Gasteiger partial charge is 0.231 e. The maximum absolute atomic E-state index is 5.51. The lowest BCUT2D eigenvalue weighted by Gasteiger charge is -2.05. The average molecular weight is 312 g/mol. The van der Waals surface area contributed by atoms with Gasteiger partial charge in [0.1, 0.15) is 0 Å². The SMILES string of the molecule is Cc1ccc2c(c1)-c1ccccc1C2=Cc1ccc2c(c1)OCO2. The molecule has 24 heavy (non-hydrogen) atoms. The minimum absolute atomic E-state index is 0.306. The van der Waals surface area contributed by atoms with Crippen LogP contribution in [0.25, 0.3) is 22.8 Å². The summed E-state index contributed by atoms with van der Waals surface area (Å²) in [5.74, 6) is 1.64. The Labute approximate surface area is 141 Å². The summed E-state index contributed by atoms with van der Waals surface area (Å²) in [6.45, 7) is 2.45. The highest BCUT2D eigenvalue weighted by Gasteiger charge is 2.23. The van der Waals surface area contributed by atoms with E-state index in [-0.39, 0.29) is 0 Å². The maximum atomic E-state index is 5.51. The van der Waals surface area contributed by atoms with Gasteiger partial charge >= 0.3 is 0 Å². The highest BCUT2D eigenvalue weighted by molar-refractivity contribution is 6.06. The molecule has 0 radical (unpaired) electrons. The third-order valence-electron chi connectivity index (χ3n) is 4.68. The van der Waals surface area contributed by atoms with Crippen molar-refractivity contribution in [2.45, 2.75) is 6.92 Å². The number of hydrogen-bond donors (Lipinski definition) is 0. The van der Waals surface area contributed by atoms with Crippen molar-refractivity contribution in [2.24, 2.45) is 0 Å². The molecule has 0 N–H and O–H groups in total. The largest absolute Gasteiger partial charge is 0.454 e. The minimum atomic E-state index is 0.306. The van der Waals surface area contributed by atoms with Crippen LogP contribution in [0, 0.1) is 6.92 Å². The van der Waals surface area contributed by atoms with Crippen molar-refractivity contribution in [3.63, 3.8) is 0 Å². The van der Waals surface area contributed by atoms with Gasteiger partial charge in [-0.25, -0.2) is 0 Å². The zero-order chi connectivity index (χ0) is 16.1. The molecule has 3 aromatic rings. The summed E-state index contributed by atoms with van der Waals surface area (Å²) in [4.78, 5) is 0. The first kappa shape index (κ1) is 13.4. The van der Waals surface area contributed by atoms with Crippen molar-refractivity contribution in [1.29, 1.82) is 0 Å². The third-order valence-corrected chi connectivity index (χ3v) is 4.68. The Balaban J connectivity index is 1.71. The van der Waals surface area contributed by atoms with Crippen LogP contribution in [0.4, 0.5) is 0 Å². The van der Waals surface area contributed by atoms with Crippen LogP contribution in [-0.4, -0.2) is 6.79 Å². The molecule has 1 aliphatic heterocycles. The fourth-order valence-electron chi connectivity index (χ4n) is 3.54. The molecule has 0 spiro atoms. The molecular weight excluding hydrogens is 296 g/mol. The van der Waals surface area contributed by atoms with Crippen LogP contribution in [0.3, 0.4) is 0 Å². The standard InChI is InChI=1S/C22H16O2/c1-14-6-8-18-19(10-14)16-4-2-3-5-17(16)20(18)11-15-7-9-21-22(12-15)24-13-23-21/h2-12H,13H2,1H3. The van der Waals surface area contributed by atoms with Gasteiger partial charge in [-0.3, -0.25) is 0 Å². The number of benzene rings is 3. The summed E-state index contributed by atoms with van der Waals surface area (Å²) in [5, 5.41) is 0. The zero-order valence-corrected chi connectivity index (χ0v) is 13.4. The van der Waals surface area contributed by atoms with E-state index in [1.165, 1.54) is 33.4 Å². The molecule has 0 aromatic heterocycles.